The van der Waals surface area contributed by atoms with Gasteiger partial charge in [0.05, 0.1) is 0 Å². The molecular weight excluding hydrogens is 359 g/mol. The molecule has 0 heterocycles. The van der Waals surface area contributed by atoms with Crippen LogP contribution in [0.15, 0.2) is 0 Å². The van der Waals surface area contributed by atoms with E-state index in [2.05, 4.69) is 0 Å². The molecule has 1 aliphatic carbocycles. The van der Waals surface area contributed by atoms with Crippen molar-refractivity contribution in [1.29, 1.82) is 0 Å². The Hall–Kier alpha value is 0.832. The molecule has 0 aliphatic heterocycles. The zero-order chi connectivity index (χ0) is 8.32. The molecule has 1 aliphatic rings. The van der Waals surface area contributed by atoms with E-state index in [1.165, 1.54) is 6.42 Å². The fourth-order valence-electron chi connectivity index (χ4n) is 1.35. The number of hydrogen-bond donors (Lipinski definition) is 0. The van der Waals surface area contributed by atoms with Crippen LogP contribution in [-0.4, -0.2) is 38.8 Å². The Kier molecular flexibility index (Phi) is 3.77. The van der Waals surface area contributed by atoms with Gasteiger partial charge in [-0.05, 0) is 0 Å². The summed E-state index contributed by atoms with van der Waals surface area (Å²) in [7, 11) is 0. The Balaban J connectivity index is 2.36. The van der Waals surface area contributed by atoms with Gasteiger partial charge in [0.1, 0.15) is 0 Å². The summed E-state index contributed by atoms with van der Waals surface area (Å²) in [6.45, 7) is -3.06. The van der Waals surface area contributed by atoms with Crippen LogP contribution in [0.3, 0.4) is 0 Å². The fourth-order valence-corrected chi connectivity index (χ4v) is 3.76. The van der Waals surface area contributed by atoms with Gasteiger partial charge in [-0.15, -0.1) is 0 Å². The van der Waals surface area contributed by atoms with Crippen LogP contribution in [0, 0.1) is 0 Å². The molecule has 0 N–H and O–H groups in total. The predicted octanol–water partition coefficient (Wildman–Crippen LogP) is 0.481. The molecule has 0 saturated heterocycles. The van der Waals surface area contributed by atoms with Crippen molar-refractivity contribution in [2.75, 3.05) is 0 Å². The van der Waals surface area contributed by atoms with Gasteiger partial charge in [0.15, 0.2) is 0 Å². The molecule has 11 heavy (non-hydrogen) atoms. The summed E-state index contributed by atoms with van der Waals surface area (Å²) in [5.74, 6) is 0. The van der Waals surface area contributed by atoms with E-state index in [1.807, 2.05) is 0 Å². The van der Waals surface area contributed by atoms with Crippen molar-refractivity contribution >= 4 is 30.9 Å². The molecule has 1 rings (SSSR count). The first kappa shape index (κ1) is 9.92. The van der Waals surface area contributed by atoms with Gasteiger partial charge in [-0.25, -0.2) is 0 Å². The first-order valence-electron chi connectivity index (χ1n) is 3.79. The van der Waals surface area contributed by atoms with Gasteiger partial charge >= 0.3 is 81.7 Å². The molecule has 64 valence electrons. The zero-order valence-electron chi connectivity index (χ0n) is 6.32. The molecule has 2 radical (unpaired) electrons. The zero-order valence-corrected chi connectivity index (χ0v) is 11.6. The van der Waals surface area contributed by atoms with Gasteiger partial charge in [0.25, 0.3) is 0 Å². The van der Waals surface area contributed by atoms with Crippen molar-refractivity contribution in [2.45, 2.75) is 38.2 Å². The predicted molar refractivity (Wildman–Crippen MR) is 44.0 cm³/mol. The second-order valence-electron chi connectivity index (χ2n) is 2.85. The molecule has 0 aromatic rings. The molecule has 0 aromatic heterocycles. The van der Waals surface area contributed by atoms with E-state index in [-0.39, 0.29) is 30.4 Å². The van der Waals surface area contributed by atoms with Gasteiger partial charge in [-0.2, -0.15) is 0 Å². The van der Waals surface area contributed by atoms with E-state index in [0.29, 0.717) is 0 Å². The van der Waals surface area contributed by atoms with E-state index in [9.17, 15) is 8.42 Å². The summed E-state index contributed by atoms with van der Waals surface area (Å²) >= 11 is -0.0885. The van der Waals surface area contributed by atoms with Gasteiger partial charge in [-0.1, -0.05) is 0 Å². The average molecular weight is 371 g/mol. The van der Waals surface area contributed by atoms with Crippen LogP contribution in [0.4, 0.5) is 0 Å². The maximum absolute atomic E-state index is 10.8. The van der Waals surface area contributed by atoms with E-state index in [4.69, 9.17) is 4.18 Å². The van der Waals surface area contributed by atoms with Crippen LogP contribution in [0.2, 0.25) is 0 Å². The summed E-state index contributed by atoms with van der Waals surface area (Å²) in [5, 5.41) is 0. The van der Waals surface area contributed by atoms with E-state index >= 15 is 0 Å². The Morgan fingerprint density at radius 3 is 2.18 bits per heavy atom. The molecule has 3 nitrogen and oxygen atoms in total. The quantitative estimate of drug-likeness (QED) is 0.664. The van der Waals surface area contributed by atoms with Crippen molar-refractivity contribution in [1.82, 2.24) is 0 Å². The summed E-state index contributed by atoms with van der Waals surface area (Å²) in [6.07, 6.45) is 5.30. The fraction of sp³-hybridized carbons (Fsp3) is 1.00. The standard InChI is InChI=1S/C6H11O3S.Pb.H/c7-10(8)9-6-4-2-1-3-5-6;;/h6H,1-5H2;;. The number of rotatable bonds is 2. The average Bonchev–Trinajstić information content (AvgIpc) is 1.85. The third kappa shape index (κ3) is 4.42. The summed E-state index contributed by atoms with van der Waals surface area (Å²) < 4.78 is 26.4. The monoisotopic (exact) mass is 372 g/mol. The molecular formula is C6H12O3PbS. The SMILES string of the molecule is O=[S](=O)([PbH])OC1CCCCC1. The van der Waals surface area contributed by atoms with Gasteiger partial charge < -0.3 is 0 Å². The van der Waals surface area contributed by atoms with Crippen LogP contribution < -0.4 is 0 Å². The van der Waals surface area contributed by atoms with Crippen LogP contribution in [-0.2, 0) is 10.9 Å². The number of hydrogen-bond acceptors (Lipinski definition) is 3. The van der Waals surface area contributed by atoms with E-state index in [0.717, 1.165) is 25.7 Å². The molecule has 0 atom stereocenters. The minimum atomic E-state index is -3.06. The second kappa shape index (κ2) is 4.18. The Labute approximate surface area is 81.5 Å². The summed E-state index contributed by atoms with van der Waals surface area (Å²) in [5.41, 5.74) is 0. The maximum atomic E-state index is 10.8. The third-order valence-corrected chi connectivity index (χ3v) is 3.66. The van der Waals surface area contributed by atoms with Crippen molar-refractivity contribution < 1.29 is 12.6 Å². The van der Waals surface area contributed by atoms with Crippen molar-refractivity contribution in [3.8, 4) is 0 Å². The van der Waals surface area contributed by atoms with Crippen molar-refractivity contribution in [3.05, 3.63) is 0 Å². The molecule has 0 unspecified atom stereocenters. The minimum absolute atomic E-state index is 0.00116. The second-order valence-corrected chi connectivity index (χ2v) is 10.8. The normalized spacial score (nSPS) is 21.9. The van der Waals surface area contributed by atoms with Gasteiger partial charge in [-0.3, -0.25) is 0 Å². The van der Waals surface area contributed by atoms with Gasteiger partial charge in [0.2, 0.25) is 0 Å². The third-order valence-electron chi connectivity index (χ3n) is 1.82. The van der Waals surface area contributed by atoms with Crippen LogP contribution in [0.25, 0.3) is 0 Å². The Morgan fingerprint density at radius 2 is 1.73 bits per heavy atom. The Morgan fingerprint density at radius 1 is 1.18 bits per heavy atom. The molecule has 1 saturated carbocycles. The molecule has 5 heteroatoms. The molecule has 1 fully saturated rings. The molecule has 0 spiro atoms. The van der Waals surface area contributed by atoms with Crippen LogP contribution in [0.1, 0.15) is 32.1 Å². The Bertz CT molecular complexity index is 206. The van der Waals surface area contributed by atoms with Crippen LogP contribution in [0.5, 0.6) is 0 Å². The first-order chi connectivity index (χ1) is 5.08. The molecule has 0 bridgehead atoms. The van der Waals surface area contributed by atoms with Crippen LogP contribution >= 0.6 is 0 Å². The van der Waals surface area contributed by atoms with Gasteiger partial charge in [0, 0.05) is 0 Å². The van der Waals surface area contributed by atoms with Crippen molar-refractivity contribution in [3.63, 3.8) is 0 Å². The summed E-state index contributed by atoms with van der Waals surface area (Å²) in [6, 6.07) is 0. The van der Waals surface area contributed by atoms with E-state index < -0.39 is 6.67 Å². The summed E-state index contributed by atoms with van der Waals surface area (Å²) in [4.78, 5) is 0. The molecule has 0 amide bonds. The van der Waals surface area contributed by atoms with E-state index in [1.54, 1.807) is 0 Å². The molecule has 0 aromatic carbocycles. The topological polar surface area (TPSA) is 43.4 Å². The first-order valence-corrected chi connectivity index (χ1v) is 10.8. The van der Waals surface area contributed by atoms with Crippen molar-refractivity contribution in [2.24, 2.45) is 0 Å².